The Morgan fingerprint density at radius 1 is 0.917 bits per heavy atom. The van der Waals surface area contributed by atoms with Crippen molar-refractivity contribution in [2.24, 2.45) is 0 Å². The number of benzene rings is 2. The minimum atomic E-state index is 0.00729. The lowest BCUT2D eigenvalue weighted by Gasteiger charge is -2.06. The number of hydrogen-bond donors (Lipinski definition) is 0. The van der Waals surface area contributed by atoms with Gasteiger partial charge in [0, 0.05) is 11.4 Å². The molecule has 0 N–H and O–H groups in total. The topological polar surface area (TPSA) is 26.3 Å². The number of hydrogen-bond acceptors (Lipinski definition) is 2. The first-order chi connectivity index (χ1) is 11.8. The van der Waals surface area contributed by atoms with Crippen molar-refractivity contribution in [2.75, 3.05) is 12.5 Å². The van der Waals surface area contributed by atoms with Crippen LogP contribution in [-0.2, 0) is 0 Å². The highest BCUT2D eigenvalue weighted by atomic mass is 35.5. The smallest absolute Gasteiger partial charge is 0.185 e. The number of ether oxygens (including phenoxy) is 1. The van der Waals surface area contributed by atoms with Gasteiger partial charge in [-0.15, -0.1) is 11.6 Å². The molecule has 126 valence electrons. The summed E-state index contributed by atoms with van der Waals surface area (Å²) in [5, 5.41) is 0. The Hall–Kier alpha value is -2.06. The molecule has 0 bridgehead atoms. The van der Waals surface area contributed by atoms with E-state index in [1.807, 2.05) is 60.7 Å². The normalized spacial score (nSPS) is 10.9. The minimum Gasteiger partial charge on any atom is -0.494 e. The van der Waals surface area contributed by atoms with E-state index >= 15 is 0 Å². The van der Waals surface area contributed by atoms with Gasteiger partial charge < -0.3 is 4.74 Å². The van der Waals surface area contributed by atoms with Crippen LogP contribution in [0.15, 0.2) is 60.7 Å². The van der Waals surface area contributed by atoms with Crippen molar-refractivity contribution in [2.45, 2.75) is 25.7 Å². The fraction of sp³-hybridized carbons (Fsp3) is 0.286. The Labute approximate surface area is 149 Å². The molecule has 2 aromatic rings. The number of halogens is 1. The van der Waals surface area contributed by atoms with Crippen LogP contribution in [-0.4, -0.2) is 18.3 Å². The summed E-state index contributed by atoms with van der Waals surface area (Å²) in [6, 6.07) is 17.0. The van der Waals surface area contributed by atoms with Crippen molar-refractivity contribution in [1.82, 2.24) is 0 Å². The van der Waals surface area contributed by atoms with Crippen molar-refractivity contribution in [3.63, 3.8) is 0 Å². The third kappa shape index (κ3) is 6.59. The maximum absolute atomic E-state index is 12.0. The monoisotopic (exact) mass is 342 g/mol. The molecule has 0 fully saturated rings. The van der Waals surface area contributed by atoms with E-state index in [4.69, 9.17) is 16.3 Å². The molecular formula is C21H23ClO2. The summed E-state index contributed by atoms with van der Waals surface area (Å²) in [5.74, 6) is 1.61. The van der Waals surface area contributed by atoms with Crippen molar-refractivity contribution < 1.29 is 9.53 Å². The second kappa shape index (κ2) is 10.7. The predicted molar refractivity (Wildman–Crippen MR) is 101 cm³/mol. The molecule has 0 saturated carbocycles. The maximum atomic E-state index is 12.0. The van der Waals surface area contributed by atoms with Crippen molar-refractivity contribution >= 4 is 23.5 Å². The quantitative estimate of drug-likeness (QED) is 0.237. The Kier molecular flexibility index (Phi) is 8.12. The van der Waals surface area contributed by atoms with E-state index < -0.39 is 0 Å². The van der Waals surface area contributed by atoms with E-state index in [9.17, 15) is 4.79 Å². The fourth-order valence-corrected chi connectivity index (χ4v) is 2.47. The number of ketones is 1. The zero-order valence-corrected chi connectivity index (χ0v) is 14.5. The fourth-order valence-electron chi connectivity index (χ4n) is 2.29. The Morgan fingerprint density at radius 3 is 2.33 bits per heavy atom. The van der Waals surface area contributed by atoms with E-state index in [1.165, 1.54) is 0 Å². The van der Waals surface area contributed by atoms with Gasteiger partial charge in [0.05, 0.1) is 6.61 Å². The summed E-state index contributed by atoms with van der Waals surface area (Å²) in [5.41, 5.74) is 1.68. The number of unbranched alkanes of at least 4 members (excludes halogenated alkanes) is 3. The predicted octanol–water partition coefficient (Wildman–Crippen LogP) is 5.76. The maximum Gasteiger partial charge on any atom is 0.185 e. The summed E-state index contributed by atoms with van der Waals surface area (Å²) in [6.45, 7) is 0.726. The summed E-state index contributed by atoms with van der Waals surface area (Å²) in [6.07, 6.45) is 7.85. The number of carbonyl (C=O) groups is 1. The van der Waals surface area contributed by atoms with Gasteiger partial charge in [-0.2, -0.15) is 0 Å². The second-order valence-corrected chi connectivity index (χ2v) is 5.96. The molecule has 3 heteroatoms. The van der Waals surface area contributed by atoms with Crippen LogP contribution >= 0.6 is 11.6 Å². The zero-order chi connectivity index (χ0) is 17.0. The third-order valence-corrected chi connectivity index (χ3v) is 3.93. The molecule has 24 heavy (non-hydrogen) atoms. The van der Waals surface area contributed by atoms with Gasteiger partial charge in [0.15, 0.2) is 5.78 Å². The van der Waals surface area contributed by atoms with Crippen LogP contribution in [0.1, 0.15) is 41.6 Å². The van der Waals surface area contributed by atoms with Crippen LogP contribution in [0, 0.1) is 0 Å². The molecule has 2 aromatic carbocycles. The summed E-state index contributed by atoms with van der Waals surface area (Å²) < 4.78 is 5.71. The molecule has 2 rings (SSSR count). The molecule has 0 aromatic heterocycles. The zero-order valence-electron chi connectivity index (χ0n) is 13.8. The highest BCUT2D eigenvalue weighted by molar-refractivity contribution is 6.17. The minimum absolute atomic E-state index is 0.00729. The first-order valence-corrected chi connectivity index (χ1v) is 8.89. The van der Waals surface area contributed by atoms with Gasteiger partial charge >= 0.3 is 0 Å². The first kappa shape index (κ1) is 18.3. The van der Waals surface area contributed by atoms with Crippen LogP contribution < -0.4 is 4.74 Å². The number of carbonyl (C=O) groups excluding carboxylic acids is 1. The summed E-state index contributed by atoms with van der Waals surface area (Å²) in [7, 11) is 0. The van der Waals surface area contributed by atoms with Gasteiger partial charge in [0.2, 0.25) is 0 Å². The number of alkyl halides is 1. The number of allylic oxidation sites excluding steroid dienone is 1. The molecule has 0 amide bonds. The van der Waals surface area contributed by atoms with E-state index in [-0.39, 0.29) is 5.78 Å². The lowest BCUT2D eigenvalue weighted by molar-refractivity contribution is 0.104. The number of rotatable bonds is 10. The highest BCUT2D eigenvalue weighted by Crippen LogP contribution is 2.14. The molecule has 0 atom stereocenters. The summed E-state index contributed by atoms with van der Waals surface area (Å²) >= 11 is 5.65. The summed E-state index contributed by atoms with van der Waals surface area (Å²) in [4.78, 5) is 12.0. The average Bonchev–Trinajstić information content (AvgIpc) is 2.64. The van der Waals surface area contributed by atoms with Crippen LogP contribution in [0.4, 0.5) is 0 Å². The lowest BCUT2D eigenvalue weighted by atomic mass is 10.1. The van der Waals surface area contributed by atoms with E-state index in [0.717, 1.165) is 49.5 Å². The average molecular weight is 343 g/mol. The highest BCUT2D eigenvalue weighted by Gasteiger charge is 2.00. The SMILES string of the molecule is O=C(/C=C/c1ccc(OCCCCCCCl)cc1)c1ccccc1. The van der Waals surface area contributed by atoms with Crippen molar-refractivity contribution in [1.29, 1.82) is 0 Å². The lowest BCUT2D eigenvalue weighted by Crippen LogP contribution is -1.97. The Morgan fingerprint density at radius 2 is 1.62 bits per heavy atom. The van der Waals surface area contributed by atoms with Gasteiger partial charge in [0.1, 0.15) is 5.75 Å². The largest absolute Gasteiger partial charge is 0.494 e. The molecule has 0 aliphatic rings. The van der Waals surface area contributed by atoms with Crippen molar-refractivity contribution in [3.8, 4) is 5.75 Å². The molecule has 0 aliphatic heterocycles. The van der Waals surface area contributed by atoms with E-state index in [1.54, 1.807) is 6.08 Å². The standard InChI is InChI=1S/C21H23ClO2/c22-16-6-1-2-7-17-24-20-13-10-18(11-14-20)12-15-21(23)19-8-4-3-5-9-19/h3-5,8-15H,1-2,6-7,16-17H2/b15-12+. The molecule has 0 spiro atoms. The van der Waals surface area contributed by atoms with Gasteiger partial charge in [-0.3, -0.25) is 4.79 Å². The van der Waals surface area contributed by atoms with E-state index in [2.05, 4.69) is 0 Å². The molecule has 0 radical (unpaired) electrons. The molecule has 0 aliphatic carbocycles. The van der Waals surface area contributed by atoms with Gasteiger partial charge in [0.25, 0.3) is 0 Å². The van der Waals surface area contributed by atoms with Crippen LogP contribution in [0.3, 0.4) is 0 Å². The van der Waals surface area contributed by atoms with Crippen LogP contribution in [0.5, 0.6) is 5.75 Å². The molecule has 0 heterocycles. The molecular weight excluding hydrogens is 320 g/mol. The molecule has 0 saturated heterocycles. The van der Waals surface area contributed by atoms with Gasteiger partial charge in [-0.25, -0.2) is 0 Å². The van der Waals surface area contributed by atoms with Gasteiger partial charge in [-0.1, -0.05) is 61.4 Å². The van der Waals surface area contributed by atoms with Crippen molar-refractivity contribution in [3.05, 3.63) is 71.8 Å². The molecule has 2 nitrogen and oxygen atoms in total. The van der Waals surface area contributed by atoms with Crippen LogP contribution in [0.2, 0.25) is 0 Å². The second-order valence-electron chi connectivity index (χ2n) is 5.58. The molecule has 0 unspecified atom stereocenters. The Balaban J connectivity index is 1.77. The third-order valence-electron chi connectivity index (χ3n) is 3.66. The van der Waals surface area contributed by atoms with Gasteiger partial charge in [-0.05, 0) is 36.6 Å². The first-order valence-electron chi connectivity index (χ1n) is 8.36. The van der Waals surface area contributed by atoms with Crippen LogP contribution in [0.25, 0.3) is 6.08 Å². The van der Waals surface area contributed by atoms with E-state index in [0.29, 0.717) is 5.56 Å². The Bertz CT molecular complexity index is 633.